The van der Waals surface area contributed by atoms with Crippen LogP contribution in [-0.4, -0.2) is 5.60 Å². The molecule has 1 aromatic rings. The van der Waals surface area contributed by atoms with Crippen LogP contribution >= 0.6 is 15.9 Å². The van der Waals surface area contributed by atoms with Gasteiger partial charge in [0.05, 0.1) is 5.60 Å². The van der Waals surface area contributed by atoms with E-state index in [0.717, 1.165) is 4.47 Å². The molecule has 1 atom stereocenters. The van der Waals surface area contributed by atoms with Gasteiger partial charge in [-0.1, -0.05) is 28.1 Å². The molecule has 1 saturated heterocycles. The Morgan fingerprint density at radius 2 is 1.75 bits per heavy atom. The molecule has 1 aliphatic rings. The first kappa shape index (κ1) is 8.27. The second-order valence-corrected chi connectivity index (χ2v) is 4.57. The zero-order valence-corrected chi connectivity index (χ0v) is 8.76. The number of hydrogen-bond donors (Lipinski definition) is 0. The Hall–Kier alpha value is -0.340. The molecule has 1 heterocycles. The van der Waals surface area contributed by atoms with Crippen LogP contribution in [-0.2, 0) is 4.74 Å². The van der Waals surface area contributed by atoms with E-state index in [2.05, 4.69) is 41.9 Å². The molecule has 1 fully saturated rings. The van der Waals surface area contributed by atoms with Crippen molar-refractivity contribution in [2.45, 2.75) is 25.6 Å². The number of epoxide rings is 1. The van der Waals surface area contributed by atoms with Gasteiger partial charge in [-0.2, -0.15) is 0 Å². The fourth-order valence-electron chi connectivity index (χ4n) is 1.38. The molecule has 1 aromatic carbocycles. The quantitative estimate of drug-likeness (QED) is 0.670. The molecule has 2 rings (SSSR count). The lowest BCUT2D eigenvalue weighted by Gasteiger charge is -1.97. The Morgan fingerprint density at radius 3 is 2.17 bits per heavy atom. The molecule has 0 amide bonds. The molecule has 2 heteroatoms. The molecule has 12 heavy (non-hydrogen) atoms. The molecule has 0 saturated carbocycles. The zero-order valence-electron chi connectivity index (χ0n) is 7.17. The summed E-state index contributed by atoms with van der Waals surface area (Å²) in [6.07, 6.45) is 0.297. The van der Waals surface area contributed by atoms with Crippen molar-refractivity contribution in [3.63, 3.8) is 0 Å². The van der Waals surface area contributed by atoms with Crippen LogP contribution in [0.1, 0.15) is 25.5 Å². The molecule has 0 N–H and O–H groups in total. The summed E-state index contributed by atoms with van der Waals surface area (Å²) in [6.45, 7) is 4.22. The summed E-state index contributed by atoms with van der Waals surface area (Å²) in [7, 11) is 0. The minimum atomic E-state index is 0.0494. The van der Waals surface area contributed by atoms with Crippen molar-refractivity contribution in [2.24, 2.45) is 0 Å². The summed E-state index contributed by atoms with van der Waals surface area (Å²) < 4.78 is 6.63. The molecule has 0 radical (unpaired) electrons. The van der Waals surface area contributed by atoms with Crippen molar-refractivity contribution in [3.05, 3.63) is 34.3 Å². The normalized spacial score (nSPS) is 25.4. The van der Waals surface area contributed by atoms with E-state index in [4.69, 9.17) is 4.74 Å². The highest BCUT2D eigenvalue weighted by molar-refractivity contribution is 9.10. The van der Waals surface area contributed by atoms with Gasteiger partial charge in [0.25, 0.3) is 0 Å². The molecule has 0 spiro atoms. The van der Waals surface area contributed by atoms with Crippen LogP contribution in [0.5, 0.6) is 0 Å². The van der Waals surface area contributed by atoms with Crippen LogP contribution in [0, 0.1) is 0 Å². The second kappa shape index (κ2) is 2.57. The molecule has 1 nitrogen and oxygen atoms in total. The minimum Gasteiger partial charge on any atom is -0.362 e. The second-order valence-electron chi connectivity index (χ2n) is 3.65. The molecular weight excluding hydrogens is 216 g/mol. The van der Waals surface area contributed by atoms with Gasteiger partial charge in [0, 0.05) is 4.47 Å². The van der Waals surface area contributed by atoms with E-state index in [1.807, 2.05) is 12.1 Å². The molecule has 0 aromatic heterocycles. The minimum absolute atomic E-state index is 0.0494. The molecule has 0 bridgehead atoms. The number of hydrogen-bond acceptors (Lipinski definition) is 1. The van der Waals surface area contributed by atoms with Gasteiger partial charge in [-0.3, -0.25) is 0 Å². The van der Waals surface area contributed by atoms with E-state index in [1.165, 1.54) is 5.56 Å². The van der Waals surface area contributed by atoms with Crippen molar-refractivity contribution >= 4 is 15.9 Å². The van der Waals surface area contributed by atoms with Crippen molar-refractivity contribution in [3.8, 4) is 0 Å². The first-order valence-corrected chi connectivity index (χ1v) is 4.82. The largest absolute Gasteiger partial charge is 0.362 e. The van der Waals surface area contributed by atoms with Gasteiger partial charge in [0.15, 0.2) is 0 Å². The zero-order chi connectivity index (χ0) is 8.77. The lowest BCUT2D eigenvalue weighted by Crippen LogP contribution is -1.96. The monoisotopic (exact) mass is 226 g/mol. The van der Waals surface area contributed by atoms with Crippen molar-refractivity contribution in [2.75, 3.05) is 0 Å². The lowest BCUT2D eigenvalue weighted by molar-refractivity contribution is 0.325. The van der Waals surface area contributed by atoms with Gasteiger partial charge < -0.3 is 4.74 Å². The summed E-state index contributed by atoms with van der Waals surface area (Å²) in [5.74, 6) is 0. The highest BCUT2D eigenvalue weighted by atomic mass is 79.9. The van der Waals surface area contributed by atoms with Crippen LogP contribution < -0.4 is 0 Å². The first-order chi connectivity index (χ1) is 5.59. The molecule has 0 aliphatic carbocycles. The number of ether oxygens (including phenoxy) is 1. The van der Waals surface area contributed by atoms with E-state index in [9.17, 15) is 0 Å². The Balaban J connectivity index is 2.21. The maximum absolute atomic E-state index is 5.51. The van der Waals surface area contributed by atoms with Crippen LogP contribution in [0.25, 0.3) is 0 Å². The Labute approximate surface area is 80.9 Å². The highest BCUT2D eigenvalue weighted by Gasteiger charge is 2.48. The van der Waals surface area contributed by atoms with E-state index in [0.29, 0.717) is 6.10 Å². The van der Waals surface area contributed by atoms with Crippen LogP contribution in [0.3, 0.4) is 0 Å². The fourth-order valence-corrected chi connectivity index (χ4v) is 1.64. The predicted octanol–water partition coefficient (Wildman–Crippen LogP) is 3.30. The Kier molecular flexibility index (Phi) is 1.77. The molecule has 1 aliphatic heterocycles. The van der Waals surface area contributed by atoms with Crippen LogP contribution in [0.15, 0.2) is 28.7 Å². The first-order valence-electron chi connectivity index (χ1n) is 4.03. The summed E-state index contributed by atoms with van der Waals surface area (Å²) in [5, 5.41) is 0. The van der Waals surface area contributed by atoms with Gasteiger partial charge in [-0.25, -0.2) is 0 Å². The van der Waals surface area contributed by atoms with E-state index in [-0.39, 0.29) is 5.60 Å². The summed E-state index contributed by atoms with van der Waals surface area (Å²) in [6, 6.07) is 8.30. The van der Waals surface area contributed by atoms with Crippen LogP contribution in [0.2, 0.25) is 0 Å². The predicted molar refractivity (Wildman–Crippen MR) is 52.0 cm³/mol. The topological polar surface area (TPSA) is 12.5 Å². The van der Waals surface area contributed by atoms with Crippen LogP contribution in [0.4, 0.5) is 0 Å². The van der Waals surface area contributed by atoms with Gasteiger partial charge in [0.2, 0.25) is 0 Å². The maximum Gasteiger partial charge on any atom is 0.112 e. The number of benzene rings is 1. The third-order valence-corrected chi connectivity index (χ3v) is 2.70. The lowest BCUT2D eigenvalue weighted by atomic mass is 10.0. The maximum atomic E-state index is 5.51. The molecule has 1 unspecified atom stereocenters. The van der Waals surface area contributed by atoms with E-state index in [1.54, 1.807) is 0 Å². The SMILES string of the molecule is CC1(C)OC1c1ccc(Br)cc1. The van der Waals surface area contributed by atoms with Gasteiger partial charge in [0.1, 0.15) is 6.10 Å². The van der Waals surface area contributed by atoms with E-state index >= 15 is 0 Å². The Bertz CT molecular complexity index is 289. The highest BCUT2D eigenvalue weighted by Crippen LogP contribution is 2.48. The standard InChI is InChI=1S/C10H11BrO/c1-10(2)9(12-10)7-3-5-8(11)6-4-7/h3-6,9H,1-2H3. The van der Waals surface area contributed by atoms with Gasteiger partial charge in [-0.15, -0.1) is 0 Å². The average Bonchev–Trinajstić information content (AvgIpc) is 2.61. The Morgan fingerprint density at radius 1 is 1.25 bits per heavy atom. The van der Waals surface area contributed by atoms with Crippen molar-refractivity contribution in [1.29, 1.82) is 0 Å². The van der Waals surface area contributed by atoms with Crippen molar-refractivity contribution in [1.82, 2.24) is 0 Å². The number of halogens is 1. The summed E-state index contributed by atoms with van der Waals surface area (Å²) in [4.78, 5) is 0. The smallest absolute Gasteiger partial charge is 0.112 e. The van der Waals surface area contributed by atoms with Gasteiger partial charge >= 0.3 is 0 Å². The number of rotatable bonds is 1. The fraction of sp³-hybridized carbons (Fsp3) is 0.400. The third kappa shape index (κ3) is 1.41. The molecular formula is C10H11BrO. The van der Waals surface area contributed by atoms with Crippen molar-refractivity contribution < 1.29 is 4.74 Å². The van der Waals surface area contributed by atoms with E-state index < -0.39 is 0 Å². The summed E-state index contributed by atoms with van der Waals surface area (Å²) >= 11 is 3.40. The molecule has 64 valence electrons. The average molecular weight is 227 g/mol. The van der Waals surface area contributed by atoms with Gasteiger partial charge in [-0.05, 0) is 31.5 Å². The summed E-state index contributed by atoms with van der Waals surface area (Å²) in [5.41, 5.74) is 1.32. The third-order valence-electron chi connectivity index (χ3n) is 2.17.